The highest BCUT2D eigenvalue weighted by Crippen LogP contribution is 2.22. The second kappa shape index (κ2) is 5.68. The summed E-state index contributed by atoms with van der Waals surface area (Å²) in [6.45, 7) is 4.06. The Morgan fingerprint density at radius 2 is 1.90 bits per heavy atom. The molecule has 0 atom stereocenters. The van der Waals surface area contributed by atoms with Gasteiger partial charge in [-0.2, -0.15) is 10.5 Å². The molecule has 106 valence electrons. The lowest BCUT2D eigenvalue weighted by atomic mass is 10.1. The fourth-order valence-corrected chi connectivity index (χ4v) is 2.17. The molecule has 1 aromatic heterocycles. The summed E-state index contributed by atoms with van der Waals surface area (Å²) in [5.41, 5.74) is 3.88. The van der Waals surface area contributed by atoms with Crippen LogP contribution in [-0.2, 0) is 13.6 Å². The average Bonchev–Trinajstić information content (AvgIpc) is 2.76. The SMILES string of the molecule is Cc1c(F)cc(C#N)cc1NCc1cc(C#N)n(C)c1C. The molecule has 0 unspecified atom stereocenters. The van der Waals surface area contributed by atoms with E-state index in [1.54, 1.807) is 13.0 Å². The van der Waals surface area contributed by atoms with Crippen LogP contribution >= 0.6 is 0 Å². The largest absolute Gasteiger partial charge is 0.381 e. The number of nitrogens with zero attached hydrogens (tertiary/aromatic N) is 3. The zero-order valence-corrected chi connectivity index (χ0v) is 12.2. The van der Waals surface area contributed by atoms with Gasteiger partial charge in [-0.1, -0.05) is 0 Å². The van der Waals surface area contributed by atoms with E-state index < -0.39 is 5.82 Å². The summed E-state index contributed by atoms with van der Waals surface area (Å²) in [5, 5.41) is 21.0. The van der Waals surface area contributed by atoms with Crippen LogP contribution in [0.3, 0.4) is 0 Å². The van der Waals surface area contributed by atoms with E-state index in [4.69, 9.17) is 10.5 Å². The van der Waals surface area contributed by atoms with Gasteiger partial charge in [0, 0.05) is 30.5 Å². The molecule has 2 rings (SSSR count). The van der Waals surface area contributed by atoms with Gasteiger partial charge in [-0.15, -0.1) is 0 Å². The van der Waals surface area contributed by atoms with E-state index in [0.717, 1.165) is 11.3 Å². The zero-order chi connectivity index (χ0) is 15.6. The second-order valence-electron chi connectivity index (χ2n) is 4.91. The molecule has 0 amide bonds. The molecule has 1 aromatic carbocycles. The van der Waals surface area contributed by atoms with Gasteiger partial charge >= 0.3 is 0 Å². The van der Waals surface area contributed by atoms with Crippen LogP contribution in [0.25, 0.3) is 0 Å². The van der Waals surface area contributed by atoms with Gasteiger partial charge in [-0.25, -0.2) is 4.39 Å². The first-order valence-electron chi connectivity index (χ1n) is 6.47. The van der Waals surface area contributed by atoms with E-state index in [1.807, 2.05) is 30.7 Å². The maximum Gasteiger partial charge on any atom is 0.129 e. The van der Waals surface area contributed by atoms with E-state index in [-0.39, 0.29) is 5.56 Å². The van der Waals surface area contributed by atoms with Gasteiger partial charge in [0.05, 0.1) is 11.6 Å². The number of halogens is 1. The van der Waals surface area contributed by atoms with Crippen molar-refractivity contribution in [2.75, 3.05) is 5.32 Å². The zero-order valence-electron chi connectivity index (χ0n) is 12.2. The third-order valence-corrected chi connectivity index (χ3v) is 3.70. The molecule has 1 N–H and O–H groups in total. The van der Waals surface area contributed by atoms with Crippen LogP contribution in [0.4, 0.5) is 10.1 Å². The summed E-state index contributed by atoms with van der Waals surface area (Å²) in [7, 11) is 1.83. The van der Waals surface area contributed by atoms with Crippen LogP contribution in [0.5, 0.6) is 0 Å². The minimum Gasteiger partial charge on any atom is -0.381 e. The van der Waals surface area contributed by atoms with E-state index in [2.05, 4.69) is 11.4 Å². The Balaban J connectivity index is 2.27. The van der Waals surface area contributed by atoms with Gasteiger partial charge in [0.1, 0.15) is 17.6 Å². The number of nitrogens with one attached hydrogen (secondary N) is 1. The predicted octanol–water partition coefficient (Wildman–Crippen LogP) is 3.14. The molecule has 0 fully saturated rings. The van der Waals surface area contributed by atoms with Crippen LogP contribution in [0.15, 0.2) is 18.2 Å². The van der Waals surface area contributed by atoms with Gasteiger partial charge in [-0.3, -0.25) is 0 Å². The molecule has 5 heteroatoms. The maximum atomic E-state index is 13.7. The highest BCUT2D eigenvalue weighted by atomic mass is 19.1. The third kappa shape index (κ3) is 2.73. The average molecular weight is 282 g/mol. The Kier molecular flexibility index (Phi) is 3.95. The van der Waals surface area contributed by atoms with Crippen LogP contribution in [0, 0.1) is 42.3 Å². The molecule has 0 radical (unpaired) electrons. The summed E-state index contributed by atoms with van der Waals surface area (Å²) in [6.07, 6.45) is 0. The third-order valence-electron chi connectivity index (χ3n) is 3.70. The molecule has 0 aliphatic carbocycles. The molecule has 0 aliphatic rings. The van der Waals surface area contributed by atoms with E-state index >= 15 is 0 Å². The number of hydrogen-bond donors (Lipinski definition) is 1. The first-order chi connectivity index (χ1) is 9.97. The van der Waals surface area contributed by atoms with Gasteiger partial charge in [-0.05, 0) is 37.6 Å². The lowest BCUT2D eigenvalue weighted by Gasteiger charge is -2.11. The van der Waals surface area contributed by atoms with Gasteiger partial charge < -0.3 is 9.88 Å². The summed E-state index contributed by atoms with van der Waals surface area (Å²) in [6, 6.07) is 8.72. The van der Waals surface area contributed by atoms with Gasteiger partial charge in [0.15, 0.2) is 0 Å². The molecule has 21 heavy (non-hydrogen) atoms. The van der Waals surface area contributed by atoms with E-state index in [9.17, 15) is 4.39 Å². The number of aromatic nitrogens is 1. The quantitative estimate of drug-likeness (QED) is 0.940. The van der Waals surface area contributed by atoms with E-state index in [0.29, 0.717) is 23.5 Å². The van der Waals surface area contributed by atoms with Crippen molar-refractivity contribution in [1.29, 1.82) is 10.5 Å². The first-order valence-corrected chi connectivity index (χ1v) is 6.47. The van der Waals surface area contributed by atoms with Crippen LogP contribution in [0.1, 0.15) is 28.1 Å². The molecule has 0 saturated heterocycles. The lowest BCUT2D eigenvalue weighted by molar-refractivity contribution is 0.618. The highest BCUT2D eigenvalue weighted by Gasteiger charge is 2.11. The van der Waals surface area contributed by atoms with Gasteiger partial charge in [0.25, 0.3) is 0 Å². The Bertz CT molecular complexity index is 775. The Morgan fingerprint density at radius 3 is 2.48 bits per heavy atom. The molecule has 0 spiro atoms. The van der Waals surface area contributed by atoms with Crippen LogP contribution in [0.2, 0.25) is 0 Å². The molecule has 0 aliphatic heterocycles. The minimum absolute atomic E-state index is 0.281. The fourth-order valence-electron chi connectivity index (χ4n) is 2.17. The highest BCUT2D eigenvalue weighted by molar-refractivity contribution is 5.56. The molecular weight excluding hydrogens is 267 g/mol. The Morgan fingerprint density at radius 1 is 1.19 bits per heavy atom. The molecular formula is C16H15FN4. The second-order valence-corrected chi connectivity index (χ2v) is 4.91. The lowest BCUT2D eigenvalue weighted by Crippen LogP contribution is -2.04. The molecule has 2 aromatic rings. The van der Waals surface area contributed by atoms with Crippen molar-refractivity contribution >= 4 is 5.69 Å². The molecule has 0 saturated carbocycles. The normalized spacial score (nSPS) is 10.0. The number of anilines is 1. The molecule has 4 nitrogen and oxygen atoms in total. The monoisotopic (exact) mass is 282 g/mol. The van der Waals surface area contributed by atoms with Crippen molar-refractivity contribution < 1.29 is 4.39 Å². The molecule has 0 bridgehead atoms. The van der Waals surface area contributed by atoms with Crippen molar-refractivity contribution in [3.05, 3.63) is 52.1 Å². The number of benzene rings is 1. The smallest absolute Gasteiger partial charge is 0.129 e. The minimum atomic E-state index is -0.404. The first kappa shape index (κ1) is 14.6. The fraction of sp³-hybridized carbons (Fsp3) is 0.250. The van der Waals surface area contributed by atoms with Crippen molar-refractivity contribution in [1.82, 2.24) is 4.57 Å². The van der Waals surface area contributed by atoms with E-state index in [1.165, 1.54) is 6.07 Å². The summed E-state index contributed by atoms with van der Waals surface area (Å²) in [4.78, 5) is 0. The van der Waals surface area contributed by atoms with Crippen LogP contribution in [-0.4, -0.2) is 4.57 Å². The summed E-state index contributed by atoms with van der Waals surface area (Å²) < 4.78 is 15.5. The topological polar surface area (TPSA) is 64.5 Å². The number of hydrogen-bond acceptors (Lipinski definition) is 3. The number of rotatable bonds is 3. The Hall–Kier alpha value is -2.79. The van der Waals surface area contributed by atoms with Crippen molar-refractivity contribution in [3.63, 3.8) is 0 Å². The van der Waals surface area contributed by atoms with Crippen molar-refractivity contribution in [3.8, 4) is 12.1 Å². The number of nitriles is 2. The van der Waals surface area contributed by atoms with Gasteiger partial charge in [0.2, 0.25) is 0 Å². The van der Waals surface area contributed by atoms with Crippen molar-refractivity contribution in [2.45, 2.75) is 20.4 Å². The Labute approximate surface area is 123 Å². The maximum absolute atomic E-state index is 13.7. The van der Waals surface area contributed by atoms with Crippen LogP contribution < -0.4 is 5.32 Å². The summed E-state index contributed by atoms with van der Waals surface area (Å²) >= 11 is 0. The molecule has 1 heterocycles. The van der Waals surface area contributed by atoms with Crippen molar-refractivity contribution in [2.24, 2.45) is 7.05 Å². The predicted molar refractivity (Wildman–Crippen MR) is 78.0 cm³/mol. The standard InChI is InChI=1S/C16H15FN4/c1-10-15(17)4-12(7-18)5-16(10)20-9-13-6-14(8-19)21(3)11(13)2/h4-6,20H,9H2,1-3H3. The summed E-state index contributed by atoms with van der Waals surface area (Å²) in [5.74, 6) is -0.404.